The van der Waals surface area contributed by atoms with Crippen LogP contribution in [-0.2, 0) is 28.4 Å². The van der Waals surface area contributed by atoms with Crippen LogP contribution >= 0.6 is 0 Å². The fraction of sp³-hybridized carbons (Fsp3) is 0.462. The summed E-state index contributed by atoms with van der Waals surface area (Å²) in [4.78, 5) is 6.29. The summed E-state index contributed by atoms with van der Waals surface area (Å²) in [5, 5.41) is 3.93. The monoisotopic (exact) mass is 552 g/mol. The lowest BCUT2D eigenvalue weighted by Crippen LogP contribution is -2.33. The van der Waals surface area contributed by atoms with Gasteiger partial charge in [-0.25, -0.2) is 13.4 Å². The van der Waals surface area contributed by atoms with Gasteiger partial charge in [0, 0.05) is 42.4 Å². The number of rotatable bonds is 7. The predicted octanol–water partition coefficient (Wildman–Crippen LogP) is 5.54. The Bertz CT molecular complexity index is 1400. The van der Waals surface area contributed by atoms with Gasteiger partial charge in [-0.3, -0.25) is 9.62 Å². The second-order valence-corrected chi connectivity index (χ2v) is 12.2. The second-order valence-electron chi connectivity index (χ2n) is 10.5. The van der Waals surface area contributed by atoms with Crippen molar-refractivity contribution in [2.45, 2.75) is 70.1 Å². The molecule has 1 aliphatic rings. The van der Waals surface area contributed by atoms with E-state index < -0.39 is 22.8 Å². The molecule has 1 aliphatic heterocycles. The Morgan fingerprint density at radius 2 is 1.89 bits per heavy atom. The van der Waals surface area contributed by atoms with Crippen LogP contribution in [0.4, 0.5) is 19.0 Å². The molecular weight excluding hydrogens is 521 g/mol. The van der Waals surface area contributed by atoms with E-state index in [1.54, 1.807) is 25.1 Å². The molecular formula is C26H31F3N4O4S. The standard InChI is InChI=1S/C26H31F3N4O4S/c1-16-23(25(3,4)5)37-31-24(16)32-38(34,35)21-8-6-18-10-11-33(14-20(18)12-21)17(2)19-7-9-22(30-13-19)36-15-26(27,28)29/h6-9,12-13,17H,10-11,14-15H2,1-5H3,(H,31,32)/t17-/m1/s1. The number of nitrogens with one attached hydrogen (secondary N) is 1. The average Bonchev–Trinajstić information content (AvgIpc) is 3.21. The number of anilines is 1. The number of aromatic nitrogens is 2. The minimum Gasteiger partial charge on any atom is -0.468 e. The maximum absolute atomic E-state index is 13.2. The molecule has 0 saturated carbocycles. The molecule has 8 nitrogen and oxygen atoms in total. The van der Waals surface area contributed by atoms with E-state index in [0.29, 0.717) is 17.9 Å². The lowest BCUT2D eigenvalue weighted by molar-refractivity contribution is -0.154. The van der Waals surface area contributed by atoms with Gasteiger partial charge in [0.25, 0.3) is 10.0 Å². The summed E-state index contributed by atoms with van der Waals surface area (Å²) >= 11 is 0. The Morgan fingerprint density at radius 1 is 1.16 bits per heavy atom. The normalized spacial score (nSPS) is 15.7. The molecule has 1 N–H and O–H groups in total. The Kier molecular flexibility index (Phi) is 7.50. The highest BCUT2D eigenvalue weighted by molar-refractivity contribution is 7.92. The fourth-order valence-corrected chi connectivity index (χ4v) is 5.57. The van der Waals surface area contributed by atoms with E-state index in [1.165, 1.54) is 12.3 Å². The average molecular weight is 553 g/mol. The Morgan fingerprint density at radius 3 is 2.50 bits per heavy atom. The van der Waals surface area contributed by atoms with Crippen molar-refractivity contribution in [3.63, 3.8) is 0 Å². The summed E-state index contributed by atoms with van der Waals surface area (Å²) in [6, 6.07) is 8.10. The summed E-state index contributed by atoms with van der Waals surface area (Å²) < 4.78 is 76.1. The highest BCUT2D eigenvalue weighted by Crippen LogP contribution is 2.32. The first-order chi connectivity index (χ1) is 17.6. The molecule has 12 heteroatoms. The van der Waals surface area contributed by atoms with Crippen molar-refractivity contribution in [2.24, 2.45) is 0 Å². The van der Waals surface area contributed by atoms with Crippen molar-refractivity contribution in [1.29, 1.82) is 0 Å². The zero-order valence-corrected chi connectivity index (χ0v) is 22.7. The van der Waals surface area contributed by atoms with Gasteiger partial charge in [0.2, 0.25) is 5.88 Å². The van der Waals surface area contributed by atoms with Crippen LogP contribution in [0.15, 0.2) is 45.9 Å². The van der Waals surface area contributed by atoms with Crippen LogP contribution in [0.5, 0.6) is 5.88 Å². The smallest absolute Gasteiger partial charge is 0.422 e. The van der Waals surface area contributed by atoms with Crippen molar-refractivity contribution in [3.05, 3.63) is 64.5 Å². The topological polar surface area (TPSA) is 97.6 Å². The molecule has 2 aromatic heterocycles. The van der Waals surface area contributed by atoms with Gasteiger partial charge in [0.1, 0.15) is 5.76 Å². The van der Waals surface area contributed by atoms with Crippen LogP contribution in [0.2, 0.25) is 0 Å². The molecule has 1 aromatic carbocycles. The highest BCUT2D eigenvalue weighted by Gasteiger charge is 2.30. The minimum atomic E-state index is -4.43. The second kappa shape index (κ2) is 10.2. The van der Waals surface area contributed by atoms with Gasteiger partial charge in [-0.1, -0.05) is 38.1 Å². The highest BCUT2D eigenvalue weighted by atomic mass is 32.2. The molecule has 0 unspecified atom stereocenters. The van der Waals surface area contributed by atoms with Crippen molar-refractivity contribution < 1.29 is 30.8 Å². The summed E-state index contributed by atoms with van der Waals surface area (Å²) in [7, 11) is -3.91. The van der Waals surface area contributed by atoms with Gasteiger partial charge in [-0.15, -0.1) is 0 Å². The van der Waals surface area contributed by atoms with Crippen LogP contribution in [0.3, 0.4) is 0 Å². The number of ether oxygens (including phenoxy) is 1. The third-order valence-electron chi connectivity index (χ3n) is 6.54. The van der Waals surface area contributed by atoms with Crippen LogP contribution in [0.1, 0.15) is 61.8 Å². The van der Waals surface area contributed by atoms with Crippen molar-refractivity contribution in [2.75, 3.05) is 17.9 Å². The van der Waals surface area contributed by atoms with Gasteiger partial charge in [0.05, 0.1) is 4.90 Å². The number of nitrogens with zero attached hydrogens (tertiary/aromatic N) is 3. The molecule has 0 saturated heterocycles. The number of hydrogen-bond donors (Lipinski definition) is 1. The number of hydrogen-bond acceptors (Lipinski definition) is 7. The van der Waals surface area contributed by atoms with Gasteiger partial charge in [-0.2, -0.15) is 13.2 Å². The molecule has 206 valence electrons. The van der Waals surface area contributed by atoms with E-state index in [-0.39, 0.29) is 28.1 Å². The van der Waals surface area contributed by atoms with E-state index in [0.717, 1.165) is 29.7 Å². The molecule has 3 aromatic rings. The number of sulfonamides is 1. The third-order valence-corrected chi connectivity index (χ3v) is 7.88. The first-order valence-corrected chi connectivity index (χ1v) is 13.6. The minimum absolute atomic E-state index is 0.0958. The lowest BCUT2D eigenvalue weighted by atomic mass is 9.91. The molecule has 0 fully saturated rings. The fourth-order valence-electron chi connectivity index (χ4n) is 4.46. The van der Waals surface area contributed by atoms with E-state index in [2.05, 4.69) is 24.5 Å². The largest absolute Gasteiger partial charge is 0.468 e. The van der Waals surface area contributed by atoms with Gasteiger partial charge in [0.15, 0.2) is 12.4 Å². The Balaban J connectivity index is 1.48. The number of fused-ring (bicyclic) bond motifs is 1. The Hall–Kier alpha value is -3.12. The molecule has 3 heterocycles. The van der Waals surface area contributed by atoms with Gasteiger partial charge >= 0.3 is 6.18 Å². The summed E-state index contributed by atoms with van der Waals surface area (Å²) in [5.74, 6) is 0.680. The summed E-state index contributed by atoms with van der Waals surface area (Å²) in [6.07, 6.45) is -2.20. The number of alkyl halides is 3. The predicted molar refractivity (Wildman–Crippen MR) is 136 cm³/mol. The number of benzene rings is 1. The molecule has 0 amide bonds. The molecule has 1 atom stereocenters. The first kappa shape index (κ1) is 27.9. The van der Waals surface area contributed by atoms with Crippen LogP contribution in [0, 0.1) is 6.92 Å². The first-order valence-electron chi connectivity index (χ1n) is 12.1. The van der Waals surface area contributed by atoms with E-state index in [9.17, 15) is 21.6 Å². The van der Waals surface area contributed by atoms with E-state index >= 15 is 0 Å². The molecule has 0 radical (unpaired) electrons. The van der Waals surface area contributed by atoms with E-state index in [4.69, 9.17) is 4.52 Å². The maximum Gasteiger partial charge on any atom is 0.422 e. The summed E-state index contributed by atoms with van der Waals surface area (Å²) in [5.41, 5.74) is 3.08. The molecule has 0 aliphatic carbocycles. The molecule has 0 bridgehead atoms. The zero-order valence-electron chi connectivity index (χ0n) is 21.9. The maximum atomic E-state index is 13.2. The van der Waals surface area contributed by atoms with Crippen LogP contribution in [-0.4, -0.2) is 42.8 Å². The lowest BCUT2D eigenvalue weighted by Gasteiger charge is -2.34. The quantitative estimate of drug-likeness (QED) is 0.411. The zero-order chi connectivity index (χ0) is 27.9. The van der Waals surface area contributed by atoms with Crippen molar-refractivity contribution in [1.82, 2.24) is 15.0 Å². The summed E-state index contributed by atoms with van der Waals surface area (Å²) in [6.45, 7) is 9.46. The number of pyridine rings is 1. The van der Waals surface area contributed by atoms with Crippen LogP contribution in [0.25, 0.3) is 0 Å². The Labute approximate surface area is 220 Å². The molecule has 4 rings (SSSR count). The van der Waals surface area contributed by atoms with Crippen molar-refractivity contribution >= 4 is 15.8 Å². The number of halogens is 3. The SMILES string of the molecule is Cc1c(NS(=O)(=O)c2ccc3c(c2)CN([C@H](C)c2ccc(OCC(F)(F)F)nc2)CC3)noc1C(C)(C)C. The third kappa shape index (κ3) is 6.29. The van der Waals surface area contributed by atoms with Crippen molar-refractivity contribution in [3.8, 4) is 5.88 Å². The molecule has 38 heavy (non-hydrogen) atoms. The van der Waals surface area contributed by atoms with Gasteiger partial charge in [-0.05, 0) is 49.1 Å². The van der Waals surface area contributed by atoms with Gasteiger partial charge < -0.3 is 9.26 Å². The molecule has 0 spiro atoms. The van der Waals surface area contributed by atoms with Crippen LogP contribution < -0.4 is 9.46 Å². The van der Waals surface area contributed by atoms with E-state index in [1.807, 2.05) is 33.8 Å².